The molecule has 0 aromatic heterocycles. The Morgan fingerprint density at radius 3 is 2.56 bits per heavy atom. The van der Waals surface area contributed by atoms with E-state index < -0.39 is 0 Å². The van der Waals surface area contributed by atoms with E-state index in [-0.39, 0.29) is 17.8 Å². The molecule has 1 amide bonds. The number of carbonyl (C=O) groups is 1. The lowest BCUT2D eigenvalue weighted by molar-refractivity contribution is -0.133. The van der Waals surface area contributed by atoms with Crippen molar-refractivity contribution in [3.05, 3.63) is 35.6 Å². The SMILES string of the molecule is CC(c1ccc(F)cc1)N(C)C(=O)CC1CNC1. The quantitative estimate of drug-likeness (QED) is 0.886. The van der Waals surface area contributed by atoms with Crippen LogP contribution in [0.5, 0.6) is 0 Å². The van der Waals surface area contributed by atoms with Gasteiger partial charge in [0.05, 0.1) is 6.04 Å². The van der Waals surface area contributed by atoms with Gasteiger partial charge in [-0.05, 0) is 43.6 Å². The highest BCUT2D eigenvalue weighted by atomic mass is 19.1. The minimum atomic E-state index is -0.250. The highest BCUT2D eigenvalue weighted by Crippen LogP contribution is 2.21. The summed E-state index contributed by atoms with van der Waals surface area (Å²) in [5.74, 6) is 0.374. The number of hydrogen-bond acceptors (Lipinski definition) is 2. The molecule has 1 heterocycles. The van der Waals surface area contributed by atoms with Gasteiger partial charge in [0.15, 0.2) is 0 Å². The molecule has 0 bridgehead atoms. The maximum atomic E-state index is 12.8. The first-order valence-electron chi connectivity index (χ1n) is 6.29. The largest absolute Gasteiger partial charge is 0.339 e. The van der Waals surface area contributed by atoms with Gasteiger partial charge in [0, 0.05) is 13.5 Å². The number of benzene rings is 1. The summed E-state index contributed by atoms with van der Waals surface area (Å²) in [7, 11) is 1.81. The lowest BCUT2D eigenvalue weighted by atomic mass is 9.98. The Hall–Kier alpha value is -1.42. The molecule has 1 saturated heterocycles. The molecule has 1 aliphatic heterocycles. The van der Waals surface area contributed by atoms with E-state index in [1.165, 1.54) is 12.1 Å². The van der Waals surface area contributed by atoms with Gasteiger partial charge in [-0.25, -0.2) is 4.39 Å². The van der Waals surface area contributed by atoms with E-state index in [4.69, 9.17) is 0 Å². The third-order valence-corrected chi connectivity index (χ3v) is 3.66. The number of nitrogens with zero attached hydrogens (tertiary/aromatic N) is 1. The Balaban J connectivity index is 1.96. The maximum absolute atomic E-state index is 12.8. The fraction of sp³-hybridized carbons (Fsp3) is 0.500. The standard InChI is InChI=1S/C14H19FN2O/c1-10(12-3-5-13(15)6-4-12)17(2)14(18)7-11-8-16-9-11/h3-6,10-11,16H,7-9H2,1-2H3. The Labute approximate surface area is 107 Å². The summed E-state index contributed by atoms with van der Waals surface area (Å²) in [6.07, 6.45) is 0.592. The van der Waals surface area contributed by atoms with Gasteiger partial charge in [-0.1, -0.05) is 12.1 Å². The molecule has 4 heteroatoms. The molecule has 1 unspecified atom stereocenters. The molecule has 98 valence electrons. The monoisotopic (exact) mass is 250 g/mol. The van der Waals surface area contributed by atoms with E-state index >= 15 is 0 Å². The summed E-state index contributed by atoms with van der Waals surface area (Å²) in [4.78, 5) is 13.8. The smallest absolute Gasteiger partial charge is 0.223 e. The minimum absolute atomic E-state index is 0.0221. The summed E-state index contributed by atoms with van der Waals surface area (Å²) >= 11 is 0. The fourth-order valence-electron chi connectivity index (χ4n) is 2.06. The summed E-state index contributed by atoms with van der Waals surface area (Å²) < 4.78 is 12.8. The van der Waals surface area contributed by atoms with Gasteiger partial charge in [0.25, 0.3) is 0 Å². The Morgan fingerprint density at radius 2 is 2.06 bits per heavy atom. The second kappa shape index (κ2) is 5.48. The van der Waals surface area contributed by atoms with Crippen molar-refractivity contribution in [3.8, 4) is 0 Å². The van der Waals surface area contributed by atoms with Gasteiger partial charge in [0.2, 0.25) is 5.91 Å². The third kappa shape index (κ3) is 2.88. The zero-order chi connectivity index (χ0) is 13.1. The molecule has 0 radical (unpaired) electrons. The van der Waals surface area contributed by atoms with Crippen LogP contribution in [-0.2, 0) is 4.79 Å². The van der Waals surface area contributed by atoms with Gasteiger partial charge in [-0.15, -0.1) is 0 Å². The zero-order valence-corrected chi connectivity index (χ0v) is 10.8. The number of carbonyl (C=O) groups excluding carboxylic acids is 1. The first-order chi connectivity index (χ1) is 8.58. The van der Waals surface area contributed by atoms with Crippen molar-refractivity contribution >= 4 is 5.91 Å². The first kappa shape index (κ1) is 13.0. The number of amides is 1. The van der Waals surface area contributed by atoms with Gasteiger partial charge < -0.3 is 10.2 Å². The summed E-state index contributed by atoms with van der Waals surface area (Å²) in [6.45, 7) is 3.83. The van der Waals surface area contributed by atoms with Crippen LogP contribution >= 0.6 is 0 Å². The molecule has 1 aromatic rings. The van der Waals surface area contributed by atoms with E-state index in [0.717, 1.165) is 18.7 Å². The Kier molecular flexibility index (Phi) is 3.97. The molecule has 2 rings (SSSR count). The highest BCUT2D eigenvalue weighted by molar-refractivity contribution is 5.76. The molecule has 0 aliphatic carbocycles. The van der Waals surface area contributed by atoms with Crippen LogP contribution in [0.1, 0.15) is 24.9 Å². The van der Waals surface area contributed by atoms with E-state index in [2.05, 4.69) is 5.32 Å². The molecule has 1 fully saturated rings. The van der Waals surface area contributed by atoms with Crippen LogP contribution in [-0.4, -0.2) is 30.9 Å². The minimum Gasteiger partial charge on any atom is -0.339 e. The van der Waals surface area contributed by atoms with Gasteiger partial charge in [-0.3, -0.25) is 4.79 Å². The van der Waals surface area contributed by atoms with E-state index in [1.807, 2.05) is 14.0 Å². The van der Waals surface area contributed by atoms with E-state index in [9.17, 15) is 9.18 Å². The average molecular weight is 250 g/mol. The second-order valence-electron chi connectivity index (χ2n) is 4.96. The van der Waals surface area contributed by atoms with Crippen molar-refractivity contribution in [1.29, 1.82) is 0 Å². The topological polar surface area (TPSA) is 32.3 Å². The molecule has 1 aliphatic rings. The molecule has 0 saturated carbocycles. The first-order valence-corrected chi connectivity index (χ1v) is 6.29. The molecular weight excluding hydrogens is 231 g/mol. The number of hydrogen-bond donors (Lipinski definition) is 1. The third-order valence-electron chi connectivity index (χ3n) is 3.66. The fourth-order valence-corrected chi connectivity index (χ4v) is 2.06. The predicted octanol–water partition coefficient (Wildman–Crippen LogP) is 1.95. The van der Waals surface area contributed by atoms with Crippen molar-refractivity contribution in [3.63, 3.8) is 0 Å². The van der Waals surface area contributed by atoms with Crippen molar-refractivity contribution in [2.75, 3.05) is 20.1 Å². The van der Waals surface area contributed by atoms with Crippen LogP contribution in [0.3, 0.4) is 0 Å². The number of nitrogens with one attached hydrogen (secondary N) is 1. The summed E-state index contributed by atoms with van der Waals surface area (Å²) in [5.41, 5.74) is 0.957. The summed E-state index contributed by atoms with van der Waals surface area (Å²) in [5, 5.41) is 3.16. The molecule has 3 nitrogen and oxygen atoms in total. The molecule has 18 heavy (non-hydrogen) atoms. The molecule has 1 N–H and O–H groups in total. The van der Waals surface area contributed by atoms with Crippen LogP contribution < -0.4 is 5.32 Å². The van der Waals surface area contributed by atoms with Gasteiger partial charge in [-0.2, -0.15) is 0 Å². The van der Waals surface area contributed by atoms with Crippen LogP contribution in [0.2, 0.25) is 0 Å². The summed E-state index contributed by atoms with van der Waals surface area (Å²) in [6, 6.07) is 6.30. The lowest BCUT2D eigenvalue weighted by Crippen LogP contribution is -2.45. The van der Waals surface area contributed by atoms with Crippen molar-refractivity contribution in [2.24, 2.45) is 5.92 Å². The van der Waals surface area contributed by atoms with E-state index in [0.29, 0.717) is 12.3 Å². The maximum Gasteiger partial charge on any atom is 0.223 e. The second-order valence-corrected chi connectivity index (χ2v) is 4.96. The average Bonchev–Trinajstić information content (AvgIpc) is 2.32. The molecule has 1 aromatic carbocycles. The predicted molar refractivity (Wildman–Crippen MR) is 68.6 cm³/mol. The zero-order valence-electron chi connectivity index (χ0n) is 10.8. The van der Waals surface area contributed by atoms with Gasteiger partial charge in [0.1, 0.15) is 5.82 Å². The normalized spacial score (nSPS) is 17.1. The van der Waals surface area contributed by atoms with Crippen LogP contribution in [0.25, 0.3) is 0 Å². The van der Waals surface area contributed by atoms with E-state index in [1.54, 1.807) is 17.0 Å². The van der Waals surface area contributed by atoms with Gasteiger partial charge >= 0.3 is 0 Å². The Morgan fingerprint density at radius 1 is 1.44 bits per heavy atom. The van der Waals surface area contributed by atoms with Crippen molar-refractivity contribution in [2.45, 2.75) is 19.4 Å². The molecule has 1 atom stereocenters. The Bertz CT molecular complexity index is 414. The van der Waals surface area contributed by atoms with Crippen LogP contribution in [0, 0.1) is 11.7 Å². The number of halogens is 1. The highest BCUT2D eigenvalue weighted by Gasteiger charge is 2.24. The van der Waals surface area contributed by atoms with Crippen molar-refractivity contribution in [1.82, 2.24) is 10.2 Å². The molecule has 0 spiro atoms. The number of rotatable bonds is 4. The van der Waals surface area contributed by atoms with Crippen LogP contribution in [0.15, 0.2) is 24.3 Å². The van der Waals surface area contributed by atoms with Crippen LogP contribution in [0.4, 0.5) is 4.39 Å². The lowest BCUT2D eigenvalue weighted by Gasteiger charge is -2.31. The van der Waals surface area contributed by atoms with Crippen molar-refractivity contribution < 1.29 is 9.18 Å². The molecular formula is C14H19FN2O.